The van der Waals surface area contributed by atoms with Gasteiger partial charge < -0.3 is 15.1 Å². The Labute approximate surface area is 175 Å². The Morgan fingerprint density at radius 2 is 1.89 bits per heavy atom. The molecule has 0 radical (unpaired) electrons. The number of piperazine rings is 1. The van der Waals surface area contributed by atoms with Crippen molar-refractivity contribution in [3.05, 3.63) is 56.8 Å². The van der Waals surface area contributed by atoms with Crippen LogP contribution in [0.3, 0.4) is 0 Å². The Hall–Kier alpha value is -2.52. The Morgan fingerprint density at radius 3 is 2.50 bits per heavy atom. The van der Waals surface area contributed by atoms with Crippen molar-refractivity contribution in [1.82, 2.24) is 20.1 Å². The summed E-state index contributed by atoms with van der Waals surface area (Å²) in [6.45, 7) is 4.81. The number of amides is 1. The number of pyridine rings is 1. The van der Waals surface area contributed by atoms with Crippen LogP contribution in [-0.2, 0) is 0 Å². The zero-order valence-electron chi connectivity index (χ0n) is 15.3. The summed E-state index contributed by atoms with van der Waals surface area (Å²) in [5.74, 6) is 2.29. The molecule has 0 aromatic carbocycles. The lowest BCUT2D eigenvalue weighted by atomic mass is 10.3. The normalized spacial score (nSPS) is 14.2. The van der Waals surface area contributed by atoms with E-state index in [1.165, 1.54) is 11.3 Å². The first-order chi connectivity index (χ1) is 13.6. The minimum atomic E-state index is 0.0894. The maximum Gasteiger partial charge on any atom is 0.264 e. The fraction of sp³-hybridized carbons (Fsp3) is 0.263. The molecule has 0 spiro atoms. The quantitative estimate of drug-likeness (QED) is 0.642. The Balaban J connectivity index is 1.34. The van der Waals surface area contributed by atoms with Gasteiger partial charge in [-0.1, -0.05) is 6.07 Å². The topological polar surface area (TPSA) is 74.2 Å². The van der Waals surface area contributed by atoms with E-state index in [-0.39, 0.29) is 5.91 Å². The van der Waals surface area contributed by atoms with Crippen LogP contribution in [-0.4, -0.2) is 52.2 Å². The number of hydrogen-bond donors (Lipinski definition) is 1. The van der Waals surface area contributed by atoms with E-state index >= 15 is 0 Å². The third kappa shape index (κ3) is 4.31. The maximum absolute atomic E-state index is 12.6. The number of nitrogens with one attached hydrogen (secondary N) is 1. The molecular formula is C19H19BrN6OS. The van der Waals surface area contributed by atoms with Gasteiger partial charge in [0, 0.05) is 42.2 Å². The van der Waals surface area contributed by atoms with Crippen molar-refractivity contribution in [2.24, 2.45) is 0 Å². The number of carbonyl (C=O) groups is 1. The molecule has 1 amide bonds. The van der Waals surface area contributed by atoms with E-state index < -0.39 is 0 Å². The predicted molar refractivity (Wildman–Crippen MR) is 114 cm³/mol. The lowest BCUT2D eigenvalue weighted by Crippen LogP contribution is -2.49. The van der Waals surface area contributed by atoms with Gasteiger partial charge in [-0.2, -0.15) is 0 Å². The highest BCUT2D eigenvalue weighted by Gasteiger charge is 2.24. The summed E-state index contributed by atoms with van der Waals surface area (Å²) in [6, 6.07) is 9.61. The maximum atomic E-state index is 12.6. The second-order valence-electron chi connectivity index (χ2n) is 6.53. The largest absolute Gasteiger partial charge is 0.352 e. The van der Waals surface area contributed by atoms with Crippen LogP contribution in [0.25, 0.3) is 0 Å². The number of halogens is 1. The molecule has 0 bridgehead atoms. The van der Waals surface area contributed by atoms with Crippen LogP contribution >= 0.6 is 27.3 Å². The van der Waals surface area contributed by atoms with E-state index in [1.54, 1.807) is 6.20 Å². The monoisotopic (exact) mass is 458 g/mol. The van der Waals surface area contributed by atoms with E-state index in [1.807, 2.05) is 47.5 Å². The van der Waals surface area contributed by atoms with Crippen molar-refractivity contribution in [3.8, 4) is 0 Å². The molecule has 0 aliphatic carbocycles. The van der Waals surface area contributed by atoms with E-state index in [2.05, 4.69) is 41.3 Å². The van der Waals surface area contributed by atoms with Crippen molar-refractivity contribution in [3.63, 3.8) is 0 Å². The molecule has 0 unspecified atom stereocenters. The smallest absolute Gasteiger partial charge is 0.264 e. The highest BCUT2D eigenvalue weighted by Crippen LogP contribution is 2.22. The van der Waals surface area contributed by atoms with E-state index in [4.69, 9.17) is 0 Å². The number of rotatable bonds is 4. The highest BCUT2D eigenvalue weighted by molar-refractivity contribution is 9.10. The van der Waals surface area contributed by atoms with Crippen molar-refractivity contribution in [1.29, 1.82) is 0 Å². The third-order valence-electron chi connectivity index (χ3n) is 4.49. The molecule has 1 saturated heterocycles. The first-order valence-corrected chi connectivity index (χ1v) is 10.6. The third-order valence-corrected chi connectivity index (χ3v) is 6.17. The van der Waals surface area contributed by atoms with Gasteiger partial charge in [0.2, 0.25) is 0 Å². The van der Waals surface area contributed by atoms with Crippen LogP contribution in [0.1, 0.15) is 15.2 Å². The van der Waals surface area contributed by atoms with Crippen LogP contribution in [0.15, 0.2) is 46.4 Å². The molecule has 0 saturated carbocycles. The number of aromatic nitrogens is 3. The average molecular weight is 459 g/mol. The van der Waals surface area contributed by atoms with Gasteiger partial charge in [0.05, 0.1) is 4.88 Å². The summed E-state index contributed by atoms with van der Waals surface area (Å²) in [5.41, 5.74) is 1.11. The average Bonchev–Trinajstić information content (AvgIpc) is 3.16. The summed E-state index contributed by atoms with van der Waals surface area (Å²) in [4.78, 5) is 21.7. The number of thiophene rings is 1. The summed E-state index contributed by atoms with van der Waals surface area (Å²) in [6.07, 6.45) is 1.81. The molecule has 1 aliphatic rings. The van der Waals surface area contributed by atoms with Gasteiger partial charge in [-0.25, -0.2) is 4.98 Å². The number of carbonyl (C=O) groups excluding carboxylic acids is 1. The van der Waals surface area contributed by atoms with Crippen LogP contribution < -0.4 is 10.2 Å². The van der Waals surface area contributed by atoms with Crippen molar-refractivity contribution >= 4 is 50.6 Å². The minimum Gasteiger partial charge on any atom is -0.352 e. The molecule has 4 heterocycles. The number of nitrogens with zero attached hydrogens (tertiary/aromatic N) is 5. The summed E-state index contributed by atoms with van der Waals surface area (Å²) < 4.78 is 0.948. The molecule has 0 atom stereocenters. The fourth-order valence-corrected chi connectivity index (χ4v) is 4.35. The van der Waals surface area contributed by atoms with Gasteiger partial charge in [-0.15, -0.1) is 21.5 Å². The predicted octanol–water partition coefficient (Wildman–Crippen LogP) is 3.71. The van der Waals surface area contributed by atoms with E-state index in [9.17, 15) is 4.79 Å². The molecular weight excluding hydrogens is 440 g/mol. The molecule has 1 N–H and O–H groups in total. The zero-order valence-corrected chi connectivity index (χ0v) is 17.7. The number of anilines is 3. The van der Waals surface area contributed by atoms with Gasteiger partial charge in [0.15, 0.2) is 11.6 Å². The molecule has 1 fully saturated rings. The molecule has 9 heteroatoms. The molecule has 3 aromatic heterocycles. The SMILES string of the molecule is Cc1ccc(Nc2ccc(N3CCN(C(=O)c4cc(Br)cs4)CC3)nn2)nc1. The summed E-state index contributed by atoms with van der Waals surface area (Å²) in [7, 11) is 0. The van der Waals surface area contributed by atoms with Gasteiger partial charge in [-0.05, 0) is 52.7 Å². The fourth-order valence-electron chi connectivity index (χ4n) is 2.95. The van der Waals surface area contributed by atoms with Crippen molar-refractivity contribution < 1.29 is 4.79 Å². The Kier molecular flexibility index (Phi) is 5.54. The van der Waals surface area contributed by atoms with Gasteiger partial charge in [-0.3, -0.25) is 4.79 Å². The molecule has 28 heavy (non-hydrogen) atoms. The second-order valence-corrected chi connectivity index (χ2v) is 8.36. The van der Waals surface area contributed by atoms with Crippen molar-refractivity contribution in [2.45, 2.75) is 6.92 Å². The summed E-state index contributed by atoms with van der Waals surface area (Å²) in [5, 5.41) is 13.7. The molecule has 1 aliphatic heterocycles. The molecule has 144 valence electrons. The van der Waals surface area contributed by atoms with Crippen LogP contribution in [0.5, 0.6) is 0 Å². The lowest BCUT2D eigenvalue weighted by molar-refractivity contribution is 0.0751. The summed E-state index contributed by atoms with van der Waals surface area (Å²) >= 11 is 4.87. The lowest BCUT2D eigenvalue weighted by Gasteiger charge is -2.35. The van der Waals surface area contributed by atoms with Crippen LogP contribution in [0.4, 0.5) is 17.5 Å². The molecule has 4 rings (SSSR count). The number of aryl methyl sites for hydroxylation is 1. The van der Waals surface area contributed by atoms with Gasteiger partial charge >= 0.3 is 0 Å². The number of hydrogen-bond acceptors (Lipinski definition) is 7. The second kappa shape index (κ2) is 8.24. The van der Waals surface area contributed by atoms with Crippen LogP contribution in [0.2, 0.25) is 0 Å². The zero-order chi connectivity index (χ0) is 19.5. The highest BCUT2D eigenvalue weighted by atomic mass is 79.9. The minimum absolute atomic E-state index is 0.0894. The van der Waals surface area contributed by atoms with Crippen molar-refractivity contribution in [2.75, 3.05) is 36.4 Å². The van der Waals surface area contributed by atoms with Gasteiger partial charge in [0.1, 0.15) is 5.82 Å². The van der Waals surface area contributed by atoms with E-state index in [0.29, 0.717) is 18.9 Å². The Bertz CT molecular complexity index is 951. The van der Waals surface area contributed by atoms with E-state index in [0.717, 1.165) is 39.6 Å². The molecule has 7 nitrogen and oxygen atoms in total. The standard InChI is InChI=1S/C19H19BrN6OS/c1-13-2-3-16(21-11-13)22-17-4-5-18(24-23-17)25-6-8-26(9-7-25)19(27)15-10-14(20)12-28-15/h2-5,10-12H,6-9H2,1H3,(H,21,22,23). The molecule has 3 aromatic rings. The Morgan fingerprint density at radius 1 is 1.11 bits per heavy atom. The van der Waals surface area contributed by atoms with Gasteiger partial charge in [0.25, 0.3) is 5.91 Å². The first kappa shape index (κ1) is 18.8. The van der Waals surface area contributed by atoms with Crippen LogP contribution in [0, 0.1) is 6.92 Å². The first-order valence-electron chi connectivity index (χ1n) is 8.90.